The molecule has 0 aliphatic heterocycles. The van der Waals surface area contributed by atoms with Crippen LogP contribution in [-0.2, 0) is 11.3 Å². The van der Waals surface area contributed by atoms with Crippen molar-refractivity contribution in [3.8, 4) is 5.75 Å². The SMILES string of the molecule is COc1cc(C)cc(C)c1CN(C)C(=O)C(C)(C)N. The Morgan fingerprint density at radius 3 is 2.42 bits per heavy atom. The Labute approximate surface area is 115 Å². The molecule has 0 fully saturated rings. The number of nitrogens with two attached hydrogens (primary N) is 1. The predicted octanol–water partition coefficient (Wildman–Crippen LogP) is 2.01. The molecule has 0 aliphatic carbocycles. The van der Waals surface area contributed by atoms with Crippen molar-refractivity contribution in [2.45, 2.75) is 39.8 Å². The van der Waals surface area contributed by atoms with Gasteiger partial charge in [-0.1, -0.05) is 6.07 Å². The van der Waals surface area contributed by atoms with Crippen molar-refractivity contribution in [3.63, 3.8) is 0 Å². The summed E-state index contributed by atoms with van der Waals surface area (Å²) in [5.74, 6) is 0.724. The molecule has 4 nitrogen and oxygen atoms in total. The lowest BCUT2D eigenvalue weighted by atomic mass is 10.0. The summed E-state index contributed by atoms with van der Waals surface area (Å²) < 4.78 is 5.40. The van der Waals surface area contributed by atoms with Gasteiger partial charge in [-0.3, -0.25) is 4.79 Å². The van der Waals surface area contributed by atoms with Gasteiger partial charge in [0.05, 0.1) is 12.6 Å². The van der Waals surface area contributed by atoms with Crippen LogP contribution in [-0.4, -0.2) is 30.5 Å². The molecular weight excluding hydrogens is 240 g/mol. The number of ether oxygens (including phenoxy) is 1. The fourth-order valence-electron chi connectivity index (χ4n) is 2.14. The Morgan fingerprint density at radius 2 is 1.95 bits per heavy atom. The third-order valence-corrected chi connectivity index (χ3v) is 3.09. The van der Waals surface area contributed by atoms with E-state index in [1.165, 1.54) is 0 Å². The molecule has 1 rings (SSSR count). The van der Waals surface area contributed by atoms with E-state index in [-0.39, 0.29) is 5.91 Å². The number of methoxy groups -OCH3 is 1. The van der Waals surface area contributed by atoms with Gasteiger partial charge in [0, 0.05) is 19.2 Å². The molecule has 1 amide bonds. The van der Waals surface area contributed by atoms with E-state index in [1.807, 2.05) is 19.9 Å². The quantitative estimate of drug-likeness (QED) is 0.905. The van der Waals surface area contributed by atoms with Gasteiger partial charge < -0.3 is 15.4 Å². The zero-order valence-electron chi connectivity index (χ0n) is 12.7. The Bertz CT molecular complexity index is 476. The lowest BCUT2D eigenvalue weighted by molar-refractivity contribution is -0.135. The largest absolute Gasteiger partial charge is 0.496 e. The molecule has 0 saturated heterocycles. The minimum absolute atomic E-state index is 0.0884. The van der Waals surface area contributed by atoms with Gasteiger partial charge in [0.1, 0.15) is 5.75 Å². The maximum Gasteiger partial charge on any atom is 0.242 e. The van der Waals surface area contributed by atoms with Crippen molar-refractivity contribution in [2.24, 2.45) is 5.73 Å². The van der Waals surface area contributed by atoms with Gasteiger partial charge in [-0.25, -0.2) is 0 Å². The monoisotopic (exact) mass is 264 g/mol. The fourth-order valence-corrected chi connectivity index (χ4v) is 2.14. The molecule has 0 bridgehead atoms. The summed E-state index contributed by atoms with van der Waals surface area (Å²) in [4.78, 5) is 13.7. The van der Waals surface area contributed by atoms with Crippen molar-refractivity contribution < 1.29 is 9.53 Å². The second kappa shape index (κ2) is 5.61. The lowest BCUT2D eigenvalue weighted by Gasteiger charge is -2.27. The molecule has 0 saturated carbocycles. The van der Waals surface area contributed by atoms with E-state index in [2.05, 4.69) is 6.07 Å². The molecule has 2 N–H and O–H groups in total. The van der Waals surface area contributed by atoms with E-state index >= 15 is 0 Å². The van der Waals surface area contributed by atoms with Gasteiger partial charge in [0.15, 0.2) is 0 Å². The van der Waals surface area contributed by atoms with Crippen LogP contribution in [0.1, 0.15) is 30.5 Å². The summed E-state index contributed by atoms with van der Waals surface area (Å²) >= 11 is 0. The molecule has 0 atom stereocenters. The molecule has 4 heteroatoms. The number of rotatable bonds is 4. The summed E-state index contributed by atoms with van der Waals surface area (Å²) in [6.45, 7) is 7.97. The highest BCUT2D eigenvalue weighted by atomic mass is 16.5. The molecule has 0 spiro atoms. The van der Waals surface area contributed by atoms with Crippen molar-refractivity contribution in [1.29, 1.82) is 0 Å². The van der Waals surface area contributed by atoms with Crippen molar-refractivity contribution in [2.75, 3.05) is 14.2 Å². The summed E-state index contributed by atoms with van der Waals surface area (Å²) in [5.41, 5.74) is 8.27. The van der Waals surface area contributed by atoms with Crippen LogP contribution in [0.5, 0.6) is 5.75 Å². The van der Waals surface area contributed by atoms with Crippen LogP contribution in [0.15, 0.2) is 12.1 Å². The smallest absolute Gasteiger partial charge is 0.242 e. The number of hydrogen-bond acceptors (Lipinski definition) is 3. The van der Waals surface area contributed by atoms with E-state index in [4.69, 9.17) is 10.5 Å². The van der Waals surface area contributed by atoms with Crippen LogP contribution in [0.3, 0.4) is 0 Å². The van der Waals surface area contributed by atoms with Crippen LogP contribution < -0.4 is 10.5 Å². The maximum atomic E-state index is 12.1. The van der Waals surface area contributed by atoms with E-state index < -0.39 is 5.54 Å². The number of nitrogens with zero attached hydrogens (tertiary/aromatic N) is 1. The van der Waals surface area contributed by atoms with Crippen LogP contribution in [0.4, 0.5) is 0 Å². The van der Waals surface area contributed by atoms with E-state index in [9.17, 15) is 4.79 Å². The number of hydrogen-bond donors (Lipinski definition) is 1. The number of likely N-dealkylation sites (N-methyl/N-ethyl adjacent to an activating group) is 1. The minimum Gasteiger partial charge on any atom is -0.496 e. The first-order valence-corrected chi connectivity index (χ1v) is 6.35. The van der Waals surface area contributed by atoms with E-state index in [0.717, 1.165) is 22.4 Å². The highest BCUT2D eigenvalue weighted by molar-refractivity contribution is 5.85. The summed E-state index contributed by atoms with van der Waals surface area (Å²) in [7, 11) is 3.40. The third kappa shape index (κ3) is 3.70. The third-order valence-electron chi connectivity index (χ3n) is 3.09. The Hall–Kier alpha value is -1.55. The van der Waals surface area contributed by atoms with Gasteiger partial charge in [-0.15, -0.1) is 0 Å². The van der Waals surface area contributed by atoms with Crippen LogP contribution in [0.2, 0.25) is 0 Å². The molecule has 0 radical (unpaired) electrons. The van der Waals surface area contributed by atoms with E-state index in [0.29, 0.717) is 6.54 Å². The van der Waals surface area contributed by atoms with Crippen LogP contribution >= 0.6 is 0 Å². The highest BCUT2D eigenvalue weighted by Gasteiger charge is 2.26. The molecule has 1 aromatic carbocycles. The Kier molecular flexibility index (Phi) is 4.58. The van der Waals surface area contributed by atoms with Gasteiger partial charge in [-0.05, 0) is 44.9 Å². The van der Waals surface area contributed by atoms with Gasteiger partial charge >= 0.3 is 0 Å². The average Bonchev–Trinajstić information content (AvgIpc) is 2.29. The van der Waals surface area contributed by atoms with Crippen molar-refractivity contribution in [3.05, 3.63) is 28.8 Å². The summed E-state index contributed by atoms with van der Waals surface area (Å²) in [6.07, 6.45) is 0. The number of carbonyl (C=O) groups is 1. The van der Waals surface area contributed by atoms with Crippen molar-refractivity contribution >= 4 is 5.91 Å². The summed E-state index contributed by atoms with van der Waals surface area (Å²) in [6, 6.07) is 4.07. The minimum atomic E-state index is -0.861. The zero-order chi connectivity index (χ0) is 14.8. The molecule has 19 heavy (non-hydrogen) atoms. The second-order valence-corrected chi connectivity index (χ2v) is 5.65. The van der Waals surface area contributed by atoms with Gasteiger partial charge in [0.25, 0.3) is 0 Å². The van der Waals surface area contributed by atoms with E-state index in [1.54, 1.807) is 32.9 Å². The molecule has 0 unspecified atom stereocenters. The standard InChI is InChI=1S/C15H24N2O2/c1-10-7-11(2)12(13(8-10)19-6)9-17(5)14(18)15(3,4)16/h7-8H,9,16H2,1-6H3. The second-order valence-electron chi connectivity index (χ2n) is 5.65. The molecule has 106 valence electrons. The topological polar surface area (TPSA) is 55.6 Å². The summed E-state index contributed by atoms with van der Waals surface area (Å²) in [5, 5.41) is 0. The first kappa shape index (κ1) is 15.5. The Morgan fingerprint density at radius 1 is 1.37 bits per heavy atom. The van der Waals surface area contributed by atoms with Crippen LogP contribution in [0.25, 0.3) is 0 Å². The number of benzene rings is 1. The van der Waals surface area contributed by atoms with Crippen molar-refractivity contribution in [1.82, 2.24) is 4.90 Å². The lowest BCUT2D eigenvalue weighted by Crippen LogP contribution is -2.49. The first-order valence-electron chi connectivity index (χ1n) is 6.35. The molecule has 0 aromatic heterocycles. The van der Waals surface area contributed by atoms with Crippen LogP contribution in [0, 0.1) is 13.8 Å². The number of aryl methyl sites for hydroxylation is 2. The molecule has 1 aromatic rings. The molecule has 0 heterocycles. The number of carbonyl (C=O) groups excluding carboxylic acids is 1. The Balaban J connectivity index is 3.03. The average molecular weight is 264 g/mol. The first-order chi connectivity index (χ1) is 8.66. The van der Waals surface area contributed by atoms with Gasteiger partial charge in [-0.2, -0.15) is 0 Å². The fraction of sp³-hybridized carbons (Fsp3) is 0.533. The van der Waals surface area contributed by atoms with Gasteiger partial charge in [0.2, 0.25) is 5.91 Å². The molecule has 0 aliphatic rings. The number of amides is 1. The predicted molar refractivity (Wildman–Crippen MR) is 77.2 cm³/mol. The zero-order valence-corrected chi connectivity index (χ0v) is 12.7. The maximum absolute atomic E-state index is 12.1. The normalized spacial score (nSPS) is 11.3. The molecular formula is C15H24N2O2. The highest BCUT2D eigenvalue weighted by Crippen LogP contribution is 2.25.